The number of rotatable bonds is 6. The Hall–Kier alpha value is -1.30. The van der Waals surface area contributed by atoms with E-state index in [1.165, 1.54) is 0 Å². The summed E-state index contributed by atoms with van der Waals surface area (Å²) in [6, 6.07) is 0. The third-order valence-corrected chi connectivity index (χ3v) is 2.75. The SMILES string of the molecule is CCOC(=O)C1(NCCN=[N+]=[N-])CCOCC1. The van der Waals surface area contributed by atoms with E-state index in [4.69, 9.17) is 15.0 Å². The normalized spacial score (nSPS) is 18.2. The van der Waals surface area contributed by atoms with Crippen LogP contribution in [0.3, 0.4) is 0 Å². The Morgan fingerprint density at radius 3 is 2.88 bits per heavy atom. The average molecular weight is 242 g/mol. The molecule has 0 aromatic rings. The fraction of sp³-hybridized carbons (Fsp3) is 0.900. The zero-order valence-corrected chi connectivity index (χ0v) is 10.0. The number of carbonyl (C=O) groups is 1. The number of hydrogen-bond acceptors (Lipinski definition) is 5. The lowest BCUT2D eigenvalue weighted by Gasteiger charge is -2.35. The summed E-state index contributed by atoms with van der Waals surface area (Å²) in [6.07, 6.45) is 1.17. The number of hydrogen-bond donors (Lipinski definition) is 1. The quantitative estimate of drug-likeness (QED) is 0.247. The van der Waals surface area contributed by atoms with Crippen LogP contribution >= 0.6 is 0 Å². The molecule has 7 heteroatoms. The highest BCUT2D eigenvalue weighted by Gasteiger charge is 2.40. The molecule has 0 aliphatic carbocycles. The Bertz CT molecular complexity index is 296. The molecule has 1 fully saturated rings. The third kappa shape index (κ3) is 3.89. The fourth-order valence-corrected chi connectivity index (χ4v) is 1.83. The number of nitrogens with one attached hydrogen (secondary N) is 1. The molecule has 0 aromatic carbocycles. The molecule has 1 saturated heterocycles. The number of azide groups is 1. The van der Waals surface area contributed by atoms with Crippen molar-refractivity contribution in [1.29, 1.82) is 0 Å². The van der Waals surface area contributed by atoms with Crippen molar-refractivity contribution < 1.29 is 14.3 Å². The van der Waals surface area contributed by atoms with Crippen molar-refractivity contribution in [3.05, 3.63) is 10.4 Å². The molecule has 0 unspecified atom stereocenters. The van der Waals surface area contributed by atoms with E-state index in [9.17, 15) is 4.79 Å². The first-order valence-corrected chi connectivity index (χ1v) is 5.76. The second-order valence-electron chi connectivity index (χ2n) is 3.80. The van der Waals surface area contributed by atoms with Crippen LogP contribution in [0.25, 0.3) is 10.4 Å². The molecule has 7 nitrogen and oxygen atoms in total. The zero-order chi connectivity index (χ0) is 12.6. The molecular formula is C10H18N4O3. The topological polar surface area (TPSA) is 96.3 Å². The van der Waals surface area contributed by atoms with Gasteiger partial charge in [-0.2, -0.15) is 0 Å². The van der Waals surface area contributed by atoms with Crippen LogP contribution in [0.1, 0.15) is 19.8 Å². The minimum Gasteiger partial charge on any atom is -0.465 e. The van der Waals surface area contributed by atoms with E-state index in [0.29, 0.717) is 45.8 Å². The smallest absolute Gasteiger partial charge is 0.326 e. The Labute approximate surface area is 100 Å². The van der Waals surface area contributed by atoms with Crippen LogP contribution in [0.2, 0.25) is 0 Å². The standard InChI is InChI=1S/C10H18N4O3/c1-2-17-9(15)10(3-7-16-8-4-10)12-5-6-13-14-11/h12H,2-8H2,1H3. The number of carbonyl (C=O) groups excluding carboxylic acids is 1. The van der Waals surface area contributed by atoms with Gasteiger partial charge in [-0.1, -0.05) is 5.11 Å². The summed E-state index contributed by atoms with van der Waals surface area (Å²) in [6.45, 7) is 3.99. The molecule has 0 atom stereocenters. The molecule has 1 aliphatic rings. The summed E-state index contributed by atoms with van der Waals surface area (Å²) in [4.78, 5) is 14.6. The zero-order valence-electron chi connectivity index (χ0n) is 10.0. The molecule has 96 valence electrons. The molecule has 0 radical (unpaired) electrons. The van der Waals surface area contributed by atoms with Gasteiger partial charge in [-0.15, -0.1) is 0 Å². The van der Waals surface area contributed by atoms with Crippen LogP contribution < -0.4 is 5.32 Å². The highest BCUT2D eigenvalue weighted by atomic mass is 16.5. The Morgan fingerprint density at radius 2 is 2.29 bits per heavy atom. The molecule has 0 amide bonds. The summed E-state index contributed by atoms with van der Waals surface area (Å²) >= 11 is 0. The van der Waals surface area contributed by atoms with E-state index in [-0.39, 0.29) is 5.97 Å². The maximum atomic E-state index is 11.9. The molecule has 0 saturated carbocycles. The van der Waals surface area contributed by atoms with Gasteiger partial charge in [-0.25, -0.2) is 0 Å². The van der Waals surface area contributed by atoms with Gasteiger partial charge in [-0.3, -0.25) is 4.79 Å². The van der Waals surface area contributed by atoms with Gasteiger partial charge >= 0.3 is 5.97 Å². The monoisotopic (exact) mass is 242 g/mol. The summed E-state index contributed by atoms with van der Waals surface area (Å²) in [5.74, 6) is -0.246. The lowest BCUT2D eigenvalue weighted by Crippen LogP contribution is -2.56. The van der Waals surface area contributed by atoms with E-state index in [0.717, 1.165) is 0 Å². The van der Waals surface area contributed by atoms with Gasteiger partial charge in [0.25, 0.3) is 0 Å². The molecule has 1 aliphatic heterocycles. The number of nitrogens with zero attached hydrogens (tertiary/aromatic N) is 3. The van der Waals surface area contributed by atoms with Gasteiger partial charge in [0.15, 0.2) is 0 Å². The Balaban J connectivity index is 2.57. The second kappa shape index (κ2) is 7.11. The second-order valence-corrected chi connectivity index (χ2v) is 3.80. The number of ether oxygens (including phenoxy) is 2. The first kappa shape index (κ1) is 13.8. The van der Waals surface area contributed by atoms with E-state index < -0.39 is 5.54 Å². The minimum atomic E-state index is -0.681. The van der Waals surface area contributed by atoms with Gasteiger partial charge in [0.05, 0.1) is 6.61 Å². The predicted molar refractivity (Wildman–Crippen MR) is 61.4 cm³/mol. The van der Waals surface area contributed by atoms with Crippen molar-refractivity contribution in [2.24, 2.45) is 5.11 Å². The van der Waals surface area contributed by atoms with Crippen molar-refractivity contribution in [2.45, 2.75) is 25.3 Å². The van der Waals surface area contributed by atoms with Gasteiger partial charge in [0, 0.05) is 31.2 Å². The maximum Gasteiger partial charge on any atom is 0.326 e. The number of esters is 1. The summed E-state index contributed by atoms with van der Waals surface area (Å²) in [7, 11) is 0. The van der Waals surface area contributed by atoms with Gasteiger partial charge in [0.2, 0.25) is 0 Å². The molecule has 17 heavy (non-hydrogen) atoms. The van der Waals surface area contributed by atoms with Gasteiger partial charge in [0.1, 0.15) is 5.54 Å². The molecule has 0 bridgehead atoms. The van der Waals surface area contributed by atoms with Crippen LogP contribution in [0.15, 0.2) is 5.11 Å². The van der Waals surface area contributed by atoms with Crippen molar-refractivity contribution >= 4 is 5.97 Å². The van der Waals surface area contributed by atoms with Crippen LogP contribution in [-0.2, 0) is 14.3 Å². The lowest BCUT2D eigenvalue weighted by atomic mass is 9.90. The van der Waals surface area contributed by atoms with E-state index >= 15 is 0 Å². The first-order valence-electron chi connectivity index (χ1n) is 5.76. The van der Waals surface area contributed by atoms with Crippen LogP contribution in [0.5, 0.6) is 0 Å². The van der Waals surface area contributed by atoms with Crippen LogP contribution in [0.4, 0.5) is 0 Å². The largest absolute Gasteiger partial charge is 0.465 e. The Kier molecular flexibility index (Phi) is 5.76. The van der Waals surface area contributed by atoms with Crippen LogP contribution in [0, 0.1) is 0 Å². The van der Waals surface area contributed by atoms with Crippen molar-refractivity contribution in [3.63, 3.8) is 0 Å². The summed E-state index contributed by atoms with van der Waals surface area (Å²) < 4.78 is 10.3. The molecule has 1 heterocycles. The summed E-state index contributed by atoms with van der Waals surface area (Å²) in [5.41, 5.74) is 7.50. The van der Waals surface area contributed by atoms with Gasteiger partial charge in [-0.05, 0) is 25.3 Å². The fourth-order valence-electron chi connectivity index (χ4n) is 1.83. The summed E-state index contributed by atoms with van der Waals surface area (Å²) in [5, 5.41) is 6.56. The van der Waals surface area contributed by atoms with Crippen LogP contribution in [-0.4, -0.2) is 44.4 Å². The third-order valence-electron chi connectivity index (χ3n) is 2.75. The maximum absolute atomic E-state index is 11.9. The van der Waals surface area contributed by atoms with Crippen molar-refractivity contribution in [3.8, 4) is 0 Å². The molecule has 0 spiro atoms. The lowest BCUT2D eigenvalue weighted by molar-refractivity contribution is -0.155. The highest BCUT2D eigenvalue weighted by molar-refractivity contribution is 5.81. The molecule has 0 aromatic heterocycles. The van der Waals surface area contributed by atoms with Crippen molar-refractivity contribution in [2.75, 3.05) is 32.9 Å². The van der Waals surface area contributed by atoms with E-state index in [1.54, 1.807) is 6.92 Å². The van der Waals surface area contributed by atoms with Gasteiger partial charge < -0.3 is 14.8 Å². The minimum absolute atomic E-state index is 0.246. The molecule has 1 rings (SSSR count). The highest BCUT2D eigenvalue weighted by Crippen LogP contribution is 2.22. The van der Waals surface area contributed by atoms with E-state index in [1.807, 2.05) is 0 Å². The average Bonchev–Trinajstić information content (AvgIpc) is 2.36. The van der Waals surface area contributed by atoms with E-state index in [2.05, 4.69) is 15.3 Å². The Morgan fingerprint density at radius 1 is 1.59 bits per heavy atom. The van der Waals surface area contributed by atoms with Crippen molar-refractivity contribution in [1.82, 2.24) is 5.32 Å². The molecule has 1 N–H and O–H groups in total. The first-order chi connectivity index (χ1) is 8.25. The predicted octanol–water partition coefficient (Wildman–Crippen LogP) is 0.999. The molecular weight excluding hydrogens is 224 g/mol.